The van der Waals surface area contributed by atoms with E-state index in [9.17, 15) is 30.0 Å². The van der Waals surface area contributed by atoms with Crippen molar-refractivity contribution in [3.63, 3.8) is 0 Å². The molecule has 0 saturated carbocycles. The second-order valence-electron chi connectivity index (χ2n) is 10.9. The van der Waals surface area contributed by atoms with Crippen LogP contribution in [0, 0.1) is 0 Å². The van der Waals surface area contributed by atoms with Gasteiger partial charge in [-0.1, -0.05) is 17.9 Å². The maximum absolute atomic E-state index is 13.3. The highest BCUT2D eigenvalue weighted by molar-refractivity contribution is 7.94. The number of Topliss-reactive ketones (excluding diaryl/α,β-unsaturated/α-hetero) is 1. The fourth-order valence-electron chi connectivity index (χ4n) is 5.37. The van der Waals surface area contributed by atoms with Crippen LogP contribution >= 0.6 is 24.1 Å². The first-order valence-corrected chi connectivity index (χ1v) is 18.2. The summed E-state index contributed by atoms with van der Waals surface area (Å²) in [5, 5.41) is 40.1. The van der Waals surface area contributed by atoms with Gasteiger partial charge in [0, 0.05) is 96.9 Å². The van der Waals surface area contributed by atoms with Crippen molar-refractivity contribution in [2.75, 3.05) is 55.8 Å². The molecule has 0 saturated heterocycles. The van der Waals surface area contributed by atoms with E-state index in [-0.39, 0.29) is 47.5 Å². The molecule has 0 amide bonds. The van der Waals surface area contributed by atoms with E-state index in [4.69, 9.17) is 9.47 Å². The Bertz CT molecular complexity index is 1420. The first-order chi connectivity index (χ1) is 24.3. The molecule has 0 fully saturated rings. The Morgan fingerprint density at radius 2 is 1.32 bits per heavy atom. The molecule has 1 aromatic rings. The van der Waals surface area contributed by atoms with Crippen molar-refractivity contribution in [3.05, 3.63) is 71.0 Å². The second-order valence-corrected chi connectivity index (χ2v) is 12.5. The number of carbonyl (C=O) groups excluding carboxylic acids is 3. The van der Waals surface area contributed by atoms with Crippen LogP contribution in [-0.4, -0.2) is 78.9 Å². The van der Waals surface area contributed by atoms with E-state index in [1.807, 2.05) is 24.3 Å². The van der Waals surface area contributed by atoms with E-state index in [1.54, 1.807) is 38.1 Å². The highest BCUT2D eigenvalue weighted by Crippen LogP contribution is 2.38. The summed E-state index contributed by atoms with van der Waals surface area (Å²) in [5.74, 6) is -0.173. The van der Waals surface area contributed by atoms with Gasteiger partial charge in [-0.2, -0.15) is 8.67 Å². The van der Waals surface area contributed by atoms with Crippen molar-refractivity contribution in [2.24, 2.45) is 0 Å². The number of benzene rings is 1. The molecule has 0 bridgehead atoms. The van der Waals surface area contributed by atoms with Crippen LogP contribution in [0.3, 0.4) is 0 Å². The third-order valence-electron chi connectivity index (χ3n) is 7.64. The van der Waals surface area contributed by atoms with Crippen molar-refractivity contribution in [1.82, 2.24) is 0 Å². The number of anilines is 1. The van der Waals surface area contributed by atoms with E-state index in [0.717, 1.165) is 35.5 Å². The lowest BCUT2D eigenvalue weighted by atomic mass is 9.80. The van der Waals surface area contributed by atoms with Crippen LogP contribution in [0.2, 0.25) is 0 Å². The number of ether oxygens (including phenoxy) is 2. The molecular weight excluding hydrogens is 693 g/mol. The molecule has 0 unspecified atom stereocenters. The van der Waals surface area contributed by atoms with Crippen molar-refractivity contribution in [3.8, 4) is 0 Å². The number of hydrogen-bond acceptors (Lipinski definition) is 15. The number of hydrogen-bond donors (Lipinski definition) is 0. The fourth-order valence-corrected chi connectivity index (χ4v) is 6.08. The molecule has 14 nitrogen and oxygen atoms in total. The Balaban J connectivity index is 1.72. The molecule has 0 aliphatic heterocycles. The molecule has 1 aromatic carbocycles. The van der Waals surface area contributed by atoms with Gasteiger partial charge in [-0.3, -0.25) is 24.5 Å². The number of allylic oxidation sites excluding steroid dienone is 7. The summed E-state index contributed by atoms with van der Waals surface area (Å²) in [6.45, 7) is 6.50. The molecule has 0 heterocycles. The SMILES string of the molecule is CCOC(=O)CCCN(CCCSOO[O-])c1ccc(C2=C([O-])C(=C3C=CC(=[N+](CCCSOO[O-])CCCC(=O)OCC)C=C3)C2=O)cc1. The minimum atomic E-state index is -0.330. The fraction of sp³-hybridized carbons (Fsp3) is 0.471. The van der Waals surface area contributed by atoms with Gasteiger partial charge in [0.15, 0.2) is 11.5 Å². The zero-order chi connectivity index (χ0) is 36.1. The molecule has 0 aromatic heterocycles. The number of esters is 2. The van der Waals surface area contributed by atoms with E-state index < -0.39 is 0 Å². The largest absolute Gasteiger partial charge is 0.871 e. The second kappa shape index (κ2) is 23.1. The molecule has 2 aliphatic carbocycles. The number of nitrogens with zero attached hydrogens (tertiary/aromatic N) is 2. The van der Waals surface area contributed by atoms with Gasteiger partial charge in [-0.15, -0.1) is 0 Å². The highest BCUT2D eigenvalue weighted by atomic mass is 32.2. The lowest BCUT2D eigenvalue weighted by molar-refractivity contribution is -0.777. The van der Waals surface area contributed by atoms with E-state index in [2.05, 4.69) is 28.2 Å². The van der Waals surface area contributed by atoms with Crippen molar-refractivity contribution in [1.29, 1.82) is 0 Å². The van der Waals surface area contributed by atoms with Gasteiger partial charge in [0.05, 0.1) is 19.6 Å². The van der Waals surface area contributed by atoms with Gasteiger partial charge in [-0.05, 0) is 62.1 Å². The molecule has 2 aliphatic rings. The summed E-state index contributed by atoms with van der Waals surface area (Å²) < 4.78 is 20.8. The summed E-state index contributed by atoms with van der Waals surface area (Å²) in [4.78, 5) is 39.0. The van der Waals surface area contributed by atoms with Gasteiger partial charge < -0.3 is 30.0 Å². The molecule has 274 valence electrons. The normalized spacial score (nSPS) is 13.9. The Morgan fingerprint density at radius 1 is 0.760 bits per heavy atom. The van der Waals surface area contributed by atoms with Gasteiger partial charge >= 0.3 is 11.9 Å². The van der Waals surface area contributed by atoms with E-state index >= 15 is 0 Å². The summed E-state index contributed by atoms with van der Waals surface area (Å²) >= 11 is 1.81. The van der Waals surface area contributed by atoms with Crippen molar-refractivity contribution >= 4 is 58.8 Å². The van der Waals surface area contributed by atoms with Crippen LogP contribution in [0.15, 0.2) is 65.5 Å². The van der Waals surface area contributed by atoms with Crippen LogP contribution in [0.25, 0.3) is 5.57 Å². The third-order valence-corrected chi connectivity index (χ3v) is 8.86. The first-order valence-electron chi connectivity index (χ1n) is 16.4. The lowest BCUT2D eigenvalue weighted by Gasteiger charge is -2.32. The predicted octanol–water partition coefficient (Wildman–Crippen LogP) is 2.23. The Morgan fingerprint density at radius 3 is 1.90 bits per heavy atom. The Labute approximate surface area is 300 Å². The van der Waals surface area contributed by atoms with Gasteiger partial charge in [0.25, 0.3) is 0 Å². The molecule has 50 heavy (non-hydrogen) atoms. The molecule has 3 rings (SSSR count). The predicted molar refractivity (Wildman–Crippen MR) is 181 cm³/mol. The minimum absolute atomic E-state index is 0.123. The molecular formula is C34H42N2O12S2-2. The standard InChI is InChI=1S/C34H44N2O12S2/c1-3-43-29(37)9-5-19-35(21-7-23-49-47-45-41)27-15-11-25(12-16-27)31-33(39)32(34(31)40)26-13-17-28(18-14-26)36(22-8-24-50-48-46-42)20-6-10-30(38)44-4-2/h11-18H,3-10,19-24H2,1-2H3,(H2-,39,41,42)/p-2. The topological polar surface area (TPSA) is 182 Å². The summed E-state index contributed by atoms with van der Waals surface area (Å²) in [6.07, 6.45) is 10.1. The van der Waals surface area contributed by atoms with Gasteiger partial charge in [0.1, 0.15) is 13.1 Å². The Hall–Kier alpha value is -3.48. The number of carbonyl (C=O) groups is 3. The van der Waals surface area contributed by atoms with Crippen LogP contribution in [0.5, 0.6) is 0 Å². The first kappa shape index (κ1) is 40.9. The van der Waals surface area contributed by atoms with Crippen LogP contribution in [0.4, 0.5) is 5.69 Å². The lowest BCUT2D eigenvalue weighted by Crippen LogP contribution is -2.30. The average molecular weight is 735 g/mol. The number of ketones is 1. The average Bonchev–Trinajstić information content (AvgIpc) is 3.11. The van der Waals surface area contributed by atoms with E-state index in [0.29, 0.717) is 87.7 Å². The maximum Gasteiger partial charge on any atom is 0.306 e. The molecule has 0 spiro atoms. The van der Waals surface area contributed by atoms with Gasteiger partial charge in [0.2, 0.25) is 0 Å². The summed E-state index contributed by atoms with van der Waals surface area (Å²) in [7, 11) is 0. The van der Waals surface area contributed by atoms with Crippen molar-refractivity contribution < 1.29 is 62.8 Å². The van der Waals surface area contributed by atoms with Crippen LogP contribution < -0.4 is 20.5 Å². The van der Waals surface area contributed by atoms with Crippen LogP contribution in [0.1, 0.15) is 57.9 Å². The Kier molecular flexibility index (Phi) is 18.9. The number of rotatable bonds is 24. The van der Waals surface area contributed by atoms with Gasteiger partial charge in [-0.25, -0.2) is 4.58 Å². The third kappa shape index (κ3) is 13.0. The molecule has 0 N–H and O–H groups in total. The molecule has 0 radical (unpaired) electrons. The highest BCUT2D eigenvalue weighted by Gasteiger charge is 2.31. The maximum atomic E-state index is 13.3. The smallest absolute Gasteiger partial charge is 0.306 e. The summed E-state index contributed by atoms with van der Waals surface area (Å²) in [6, 6.07) is 7.14. The zero-order valence-electron chi connectivity index (χ0n) is 28.1. The van der Waals surface area contributed by atoms with Crippen molar-refractivity contribution in [2.45, 2.75) is 52.4 Å². The zero-order valence-corrected chi connectivity index (χ0v) is 29.8. The monoisotopic (exact) mass is 734 g/mol. The molecule has 16 heteroatoms. The molecule has 0 atom stereocenters. The van der Waals surface area contributed by atoms with E-state index in [1.165, 1.54) is 0 Å². The summed E-state index contributed by atoms with van der Waals surface area (Å²) in [5.41, 5.74) is 2.98. The quantitative estimate of drug-likeness (QED) is 0.0287. The van der Waals surface area contributed by atoms with Crippen LogP contribution in [-0.2, 0) is 42.6 Å². The minimum Gasteiger partial charge on any atom is -0.871 e.